The van der Waals surface area contributed by atoms with E-state index in [2.05, 4.69) is 10.3 Å². The topological polar surface area (TPSA) is 71.2 Å². The highest BCUT2D eigenvalue weighted by Crippen LogP contribution is 2.33. The molecule has 120 valence electrons. The van der Waals surface area contributed by atoms with Crippen molar-refractivity contribution < 1.29 is 14.3 Å². The minimum absolute atomic E-state index is 0.00389. The van der Waals surface area contributed by atoms with Gasteiger partial charge in [0.15, 0.2) is 0 Å². The van der Waals surface area contributed by atoms with Crippen LogP contribution in [0.3, 0.4) is 0 Å². The van der Waals surface area contributed by atoms with E-state index < -0.39 is 0 Å². The molecule has 2 aromatic rings. The number of rotatable bonds is 3. The summed E-state index contributed by atoms with van der Waals surface area (Å²) >= 11 is 0. The van der Waals surface area contributed by atoms with Crippen LogP contribution in [0.5, 0.6) is 0 Å². The normalized spacial score (nSPS) is 21.2. The van der Waals surface area contributed by atoms with Gasteiger partial charge in [0.05, 0.1) is 12.5 Å². The maximum atomic E-state index is 12.1. The highest BCUT2D eigenvalue weighted by molar-refractivity contribution is 6.02. The Labute approximate surface area is 134 Å². The third-order valence-corrected chi connectivity index (χ3v) is 5.01. The molecular formula is C18H20N2O3. The van der Waals surface area contributed by atoms with Crippen molar-refractivity contribution in [1.82, 2.24) is 10.3 Å². The lowest BCUT2D eigenvalue weighted by Crippen LogP contribution is -2.37. The van der Waals surface area contributed by atoms with Crippen LogP contribution < -0.4 is 5.32 Å². The molecule has 2 aliphatic rings. The third kappa shape index (κ3) is 2.50. The fraction of sp³-hybridized carbons (Fsp3) is 0.444. The zero-order valence-electron chi connectivity index (χ0n) is 12.9. The summed E-state index contributed by atoms with van der Waals surface area (Å²) in [4.78, 5) is 27.4. The number of hydrogen-bond acceptors (Lipinski definition) is 3. The van der Waals surface area contributed by atoms with Crippen molar-refractivity contribution in [2.45, 2.75) is 31.6 Å². The van der Waals surface area contributed by atoms with E-state index in [0.717, 1.165) is 42.1 Å². The van der Waals surface area contributed by atoms with Gasteiger partial charge in [-0.1, -0.05) is 31.0 Å². The molecule has 1 aromatic carbocycles. The highest BCUT2D eigenvalue weighted by Gasteiger charge is 2.31. The van der Waals surface area contributed by atoms with Crippen molar-refractivity contribution in [3.8, 4) is 0 Å². The zero-order chi connectivity index (χ0) is 15.8. The number of aromatic nitrogens is 1. The summed E-state index contributed by atoms with van der Waals surface area (Å²) in [6, 6.07) is 7.87. The van der Waals surface area contributed by atoms with Crippen molar-refractivity contribution in [1.29, 1.82) is 0 Å². The molecule has 0 bridgehead atoms. The molecule has 1 fully saturated rings. The van der Waals surface area contributed by atoms with Gasteiger partial charge in [-0.15, -0.1) is 0 Å². The number of aromatic amines is 1. The summed E-state index contributed by atoms with van der Waals surface area (Å²) in [5.74, 6) is -0.102. The van der Waals surface area contributed by atoms with Gasteiger partial charge in [0.1, 0.15) is 5.69 Å². The van der Waals surface area contributed by atoms with Crippen LogP contribution in [0.25, 0.3) is 10.9 Å². The number of esters is 1. The lowest BCUT2D eigenvalue weighted by Gasteiger charge is -2.24. The Morgan fingerprint density at radius 3 is 2.83 bits per heavy atom. The Morgan fingerprint density at radius 2 is 2.00 bits per heavy atom. The molecule has 1 unspecified atom stereocenters. The molecule has 1 aliphatic carbocycles. The Balaban J connectivity index is 1.57. The van der Waals surface area contributed by atoms with E-state index in [1.54, 1.807) is 0 Å². The number of carbonyl (C=O) groups excluding carboxylic acids is 2. The first kappa shape index (κ1) is 14.3. The Bertz CT molecular complexity index is 759. The lowest BCUT2D eigenvalue weighted by atomic mass is 9.93. The van der Waals surface area contributed by atoms with Gasteiger partial charge in [-0.05, 0) is 24.5 Å². The first-order valence-electron chi connectivity index (χ1n) is 8.29. The maximum Gasteiger partial charge on any atom is 0.308 e. The highest BCUT2D eigenvalue weighted by atomic mass is 16.5. The summed E-state index contributed by atoms with van der Waals surface area (Å²) < 4.78 is 5.57. The van der Waals surface area contributed by atoms with Crippen LogP contribution in [0.15, 0.2) is 24.3 Å². The standard InChI is InChI=1S/C18H20N2O3/c21-17-16-15(13-7-3-4-8-14(13)20-16)12(9-19-17)10-23-18(22)11-5-1-2-6-11/h3-4,7-8,11-12,20H,1-2,5-6,9-10H2,(H,19,21). The smallest absolute Gasteiger partial charge is 0.308 e. The number of amides is 1. The molecule has 0 spiro atoms. The van der Waals surface area contributed by atoms with Crippen LogP contribution in [0.2, 0.25) is 0 Å². The predicted molar refractivity (Wildman–Crippen MR) is 86.3 cm³/mol. The van der Waals surface area contributed by atoms with Gasteiger partial charge in [0.2, 0.25) is 0 Å². The quantitative estimate of drug-likeness (QED) is 0.856. The molecule has 0 saturated heterocycles. The number of para-hydroxylation sites is 1. The van der Waals surface area contributed by atoms with Crippen molar-refractivity contribution in [2.24, 2.45) is 5.92 Å². The average Bonchev–Trinajstić information content (AvgIpc) is 3.22. The summed E-state index contributed by atoms with van der Waals surface area (Å²) in [6.45, 7) is 0.829. The summed E-state index contributed by atoms with van der Waals surface area (Å²) in [7, 11) is 0. The maximum absolute atomic E-state index is 12.1. The summed E-state index contributed by atoms with van der Waals surface area (Å²) in [6.07, 6.45) is 4.12. The van der Waals surface area contributed by atoms with Gasteiger partial charge in [-0.25, -0.2) is 0 Å². The van der Waals surface area contributed by atoms with Crippen molar-refractivity contribution in [3.63, 3.8) is 0 Å². The van der Waals surface area contributed by atoms with Crippen molar-refractivity contribution in [2.75, 3.05) is 13.2 Å². The molecule has 1 atom stereocenters. The molecule has 1 saturated carbocycles. The van der Waals surface area contributed by atoms with Crippen LogP contribution in [-0.4, -0.2) is 30.0 Å². The first-order valence-corrected chi connectivity index (χ1v) is 8.29. The third-order valence-electron chi connectivity index (χ3n) is 5.01. The van der Waals surface area contributed by atoms with E-state index >= 15 is 0 Å². The fourth-order valence-electron chi connectivity index (χ4n) is 3.78. The molecule has 0 radical (unpaired) electrons. The molecule has 5 heteroatoms. The van der Waals surface area contributed by atoms with Crippen LogP contribution in [0.4, 0.5) is 0 Å². The number of H-pyrrole nitrogens is 1. The number of hydrogen-bond donors (Lipinski definition) is 2. The number of benzene rings is 1. The second-order valence-electron chi connectivity index (χ2n) is 6.48. The lowest BCUT2D eigenvalue weighted by molar-refractivity contribution is -0.148. The summed E-state index contributed by atoms with van der Waals surface area (Å²) in [5.41, 5.74) is 2.52. The van der Waals surface area contributed by atoms with E-state index in [1.807, 2.05) is 24.3 Å². The molecule has 1 amide bonds. The van der Waals surface area contributed by atoms with Gasteiger partial charge < -0.3 is 15.0 Å². The van der Waals surface area contributed by atoms with E-state index in [-0.39, 0.29) is 23.7 Å². The number of carbonyl (C=O) groups is 2. The molecule has 5 nitrogen and oxygen atoms in total. The van der Waals surface area contributed by atoms with Crippen LogP contribution in [0, 0.1) is 5.92 Å². The van der Waals surface area contributed by atoms with E-state index in [9.17, 15) is 9.59 Å². The van der Waals surface area contributed by atoms with E-state index in [4.69, 9.17) is 4.74 Å². The largest absolute Gasteiger partial charge is 0.465 e. The molecule has 2 N–H and O–H groups in total. The molecule has 1 aliphatic heterocycles. The molecule has 4 rings (SSSR count). The van der Waals surface area contributed by atoms with Crippen LogP contribution in [0.1, 0.15) is 47.7 Å². The van der Waals surface area contributed by atoms with Gasteiger partial charge in [0, 0.05) is 23.4 Å². The van der Waals surface area contributed by atoms with Crippen molar-refractivity contribution >= 4 is 22.8 Å². The van der Waals surface area contributed by atoms with Gasteiger partial charge in [0.25, 0.3) is 5.91 Å². The molecule has 1 aromatic heterocycles. The van der Waals surface area contributed by atoms with Gasteiger partial charge >= 0.3 is 5.97 Å². The van der Waals surface area contributed by atoms with Crippen LogP contribution >= 0.6 is 0 Å². The SMILES string of the molecule is O=C1NCC(COC(=O)C2CCCC2)c2c1[nH]c1ccccc21. The number of ether oxygens (including phenoxy) is 1. The Kier molecular flexibility index (Phi) is 3.56. The predicted octanol–water partition coefficient (Wildman–Crippen LogP) is 2.73. The second-order valence-corrected chi connectivity index (χ2v) is 6.48. The second kappa shape index (κ2) is 5.72. The first-order chi connectivity index (χ1) is 11.2. The minimum atomic E-state index is -0.0884. The Hall–Kier alpha value is -2.30. The van der Waals surface area contributed by atoms with Crippen molar-refractivity contribution in [3.05, 3.63) is 35.5 Å². The minimum Gasteiger partial charge on any atom is -0.465 e. The van der Waals surface area contributed by atoms with E-state index in [0.29, 0.717) is 18.8 Å². The molecule has 23 heavy (non-hydrogen) atoms. The summed E-state index contributed by atoms with van der Waals surface area (Å²) in [5, 5.41) is 3.92. The molecule has 2 heterocycles. The van der Waals surface area contributed by atoms with Gasteiger partial charge in [-0.2, -0.15) is 0 Å². The molecular weight excluding hydrogens is 292 g/mol. The number of nitrogens with one attached hydrogen (secondary N) is 2. The monoisotopic (exact) mass is 312 g/mol. The Morgan fingerprint density at radius 1 is 1.22 bits per heavy atom. The van der Waals surface area contributed by atoms with Crippen LogP contribution in [-0.2, 0) is 9.53 Å². The van der Waals surface area contributed by atoms with E-state index in [1.165, 1.54) is 0 Å². The fourth-order valence-corrected chi connectivity index (χ4v) is 3.78. The zero-order valence-corrected chi connectivity index (χ0v) is 12.9. The van der Waals surface area contributed by atoms with Gasteiger partial charge in [-0.3, -0.25) is 9.59 Å². The average molecular weight is 312 g/mol. The number of fused-ring (bicyclic) bond motifs is 3.